The van der Waals surface area contributed by atoms with Crippen LogP contribution in [0.1, 0.15) is 38.2 Å². The van der Waals surface area contributed by atoms with Gasteiger partial charge in [-0.1, -0.05) is 0 Å². The summed E-state index contributed by atoms with van der Waals surface area (Å²) in [7, 11) is 1.26. The van der Waals surface area contributed by atoms with E-state index in [9.17, 15) is 63.8 Å². The number of nitrogens with two attached hydrogens (primary N) is 1. The molecule has 288 valence electrons. The highest BCUT2D eigenvalue weighted by Crippen LogP contribution is 2.26. The molecule has 2 fully saturated rings. The van der Waals surface area contributed by atoms with Crippen molar-refractivity contribution in [3.05, 3.63) is 35.1 Å². The largest absolute Gasteiger partial charge is 0.490 e. The Balaban J connectivity index is 0.000000780. The van der Waals surface area contributed by atoms with Crippen molar-refractivity contribution in [2.24, 2.45) is 5.73 Å². The van der Waals surface area contributed by atoms with Crippen LogP contribution in [-0.2, 0) is 39.9 Å². The topological polar surface area (TPSA) is 217 Å². The van der Waals surface area contributed by atoms with E-state index in [4.69, 9.17) is 30.3 Å². The van der Waals surface area contributed by atoms with Gasteiger partial charge in [0.05, 0.1) is 13.2 Å². The van der Waals surface area contributed by atoms with E-state index in [1.807, 2.05) is 0 Å². The molecule has 3 rings (SSSR count). The third-order valence-electron chi connectivity index (χ3n) is 7.36. The number of amides is 2. The molecule has 51 heavy (non-hydrogen) atoms. The first-order valence-corrected chi connectivity index (χ1v) is 14.5. The Bertz CT molecular complexity index is 1420. The van der Waals surface area contributed by atoms with Crippen LogP contribution in [0.2, 0.25) is 0 Å². The minimum atomic E-state index is -5.08. The first kappa shape index (κ1) is 44.4. The summed E-state index contributed by atoms with van der Waals surface area (Å²) in [5.74, 6) is -11.8. The second kappa shape index (κ2) is 18.5. The highest BCUT2D eigenvalue weighted by molar-refractivity contribution is 5.88. The maximum Gasteiger partial charge on any atom is 0.490 e. The first-order chi connectivity index (χ1) is 23.3. The second-order valence-corrected chi connectivity index (χ2v) is 11.1. The van der Waals surface area contributed by atoms with E-state index >= 15 is 0 Å². The normalized spacial score (nSPS) is 20.2. The SMILES string of the molecule is COC(=O)[C@@H]1CCCN1[C@@H](C)C(=O)N1C[C@@H](NC(=O)C[C@H](N)Cc2cc(F)c(F)cc2F)C[C@H]1C(=O)O.O=C(O)C(F)(F)F.O=C(O)C(F)(F)F. The zero-order valence-electron chi connectivity index (χ0n) is 26.6. The number of ether oxygens (including phenoxy) is 1. The van der Waals surface area contributed by atoms with Gasteiger partial charge in [-0.3, -0.25) is 19.3 Å². The standard InChI is InChI=1S/C24H31F3N4O6.2C2HF3O2/c1-12(30-5-3-4-19(30)24(36)37-2)22(33)31-11-15(9-20(31)23(34)35)29-21(32)8-14(28)6-13-7-17(26)18(27)10-16(13)25;2*3-2(4,5)1(6)7/h7,10,12,14-15,19-20H,3-6,8-9,11,28H2,1-2H3,(H,29,32)(H,34,35);2*(H,6,7)/t12-,14+,15-,19-,20-;;/m0../s1. The van der Waals surface area contributed by atoms with Crippen molar-refractivity contribution in [3.63, 3.8) is 0 Å². The number of hydrogen-bond acceptors (Lipinski definition) is 9. The summed E-state index contributed by atoms with van der Waals surface area (Å²) in [5.41, 5.74) is 5.72. The molecule has 2 heterocycles. The van der Waals surface area contributed by atoms with Crippen LogP contribution < -0.4 is 11.1 Å². The molecule has 1 aromatic rings. The third-order valence-corrected chi connectivity index (χ3v) is 7.36. The average Bonchev–Trinajstić information content (AvgIpc) is 3.66. The minimum Gasteiger partial charge on any atom is -0.480 e. The lowest BCUT2D eigenvalue weighted by molar-refractivity contribution is -0.193. The molecule has 6 N–H and O–H groups in total. The quantitative estimate of drug-likeness (QED) is 0.139. The zero-order chi connectivity index (χ0) is 39.6. The molecule has 0 aliphatic carbocycles. The molecule has 0 spiro atoms. The van der Waals surface area contributed by atoms with E-state index in [-0.39, 0.29) is 31.4 Å². The van der Waals surface area contributed by atoms with Gasteiger partial charge in [-0.05, 0) is 44.4 Å². The minimum absolute atomic E-state index is 0.0347. The Morgan fingerprint density at radius 3 is 1.90 bits per heavy atom. The van der Waals surface area contributed by atoms with Crippen molar-refractivity contribution < 1.29 is 88.3 Å². The fourth-order valence-corrected chi connectivity index (χ4v) is 5.04. The number of esters is 1. The zero-order valence-corrected chi connectivity index (χ0v) is 26.6. The maximum atomic E-state index is 13.9. The van der Waals surface area contributed by atoms with Gasteiger partial charge in [-0.25, -0.2) is 27.6 Å². The molecule has 14 nitrogen and oxygen atoms in total. The molecular weight excluding hydrogens is 723 g/mol. The van der Waals surface area contributed by atoms with Crippen molar-refractivity contribution in [2.45, 2.75) is 81.6 Å². The Morgan fingerprint density at radius 2 is 1.43 bits per heavy atom. The number of alkyl halides is 6. The van der Waals surface area contributed by atoms with Crippen molar-refractivity contribution in [3.8, 4) is 0 Å². The van der Waals surface area contributed by atoms with Crippen LogP contribution in [0.15, 0.2) is 12.1 Å². The highest BCUT2D eigenvalue weighted by atomic mass is 19.4. The van der Waals surface area contributed by atoms with Crippen LogP contribution in [0.25, 0.3) is 0 Å². The monoisotopic (exact) mass is 756 g/mol. The summed E-state index contributed by atoms with van der Waals surface area (Å²) in [6.45, 7) is 2.02. The van der Waals surface area contributed by atoms with Crippen molar-refractivity contribution in [1.82, 2.24) is 15.1 Å². The molecule has 2 aliphatic rings. The number of carbonyl (C=O) groups excluding carboxylic acids is 3. The number of carboxylic acids is 3. The van der Waals surface area contributed by atoms with Crippen LogP contribution in [0.4, 0.5) is 39.5 Å². The lowest BCUT2D eigenvalue weighted by Crippen LogP contribution is -2.53. The van der Waals surface area contributed by atoms with Gasteiger partial charge in [0.15, 0.2) is 11.6 Å². The molecule has 2 aliphatic heterocycles. The highest BCUT2D eigenvalue weighted by Gasteiger charge is 2.45. The number of carbonyl (C=O) groups is 6. The summed E-state index contributed by atoms with van der Waals surface area (Å²) in [6.07, 6.45) is -9.50. The molecule has 0 saturated carbocycles. The number of benzene rings is 1. The summed E-state index contributed by atoms with van der Waals surface area (Å²) in [4.78, 5) is 70.4. The van der Waals surface area contributed by atoms with Crippen molar-refractivity contribution >= 4 is 35.7 Å². The summed E-state index contributed by atoms with van der Waals surface area (Å²) >= 11 is 0. The van der Waals surface area contributed by atoms with E-state index in [0.717, 1.165) is 0 Å². The molecule has 23 heteroatoms. The maximum absolute atomic E-state index is 13.9. The lowest BCUT2D eigenvalue weighted by Gasteiger charge is -2.32. The van der Waals surface area contributed by atoms with Crippen LogP contribution in [-0.4, -0.2) is 124 Å². The Morgan fingerprint density at radius 1 is 0.922 bits per heavy atom. The van der Waals surface area contributed by atoms with Gasteiger partial charge in [0.25, 0.3) is 0 Å². The fourth-order valence-electron chi connectivity index (χ4n) is 5.04. The Labute approximate surface area is 282 Å². The van der Waals surface area contributed by atoms with Crippen LogP contribution in [0, 0.1) is 17.5 Å². The number of methoxy groups -OCH3 is 1. The molecule has 2 saturated heterocycles. The lowest BCUT2D eigenvalue weighted by atomic mass is 10.0. The molecule has 1 aromatic carbocycles. The van der Waals surface area contributed by atoms with E-state index < -0.39 is 95.7 Å². The Kier molecular flexibility index (Phi) is 16.1. The second-order valence-electron chi connectivity index (χ2n) is 11.1. The average molecular weight is 757 g/mol. The van der Waals surface area contributed by atoms with Crippen molar-refractivity contribution in [2.75, 3.05) is 20.2 Å². The van der Waals surface area contributed by atoms with Gasteiger partial charge < -0.3 is 36.0 Å². The predicted molar refractivity (Wildman–Crippen MR) is 151 cm³/mol. The molecular formula is C28H33F9N4O10. The molecule has 0 unspecified atom stereocenters. The predicted octanol–water partition coefficient (Wildman–Crippen LogP) is 1.83. The molecule has 2 amide bonds. The van der Waals surface area contributed by atoms with Gasteiger partial charge >= 0.3 is 36.2 Å². The smallest absolute Gasteiger partial charge is 0.480 e. The molecule has 5 atom stereocenters. The number of nitrogens with one attached hydrogen (secondary N) is 1. The number of rotatable bonds is 9. The third kappa shape index (κ3) is 13.5. The van der Waals surface area contributed by atoms with Gasteiger partial charge in [-0.2, -0.15) is 26.3 Å². The number of halogens is 9. The van der Waals surface area contributed by atoms with Gasteiger partial charge in [0.1, 0.15) is 17.9 Å². The Hall–Kier alpha value is -4.67. The number of likely N-dealkylation sites (tertiary alicyclic amines) is 2. The van der Waals surface area contributed by atoms with E-state index in [1.165, 1.54) is 12.0 Å². The molecule has 0 aromatic heterocycles. The first-order valence-electron chi connectivity index (χ1n) is 14.5. The fraction of sp³-hybridized carbons (Fsp3) is 0.571. The number of nitrogens with zero attached hydrogens (tertiary/aromatic N) is 2. The van der Waals surface area contributed by atoms with Gasteiger partial charge in [-0.15, -0.1) is 0 Å². The van der Waals surface area contributed by atoms with E-state index in [2.05, 4.69) is 5.32 Å². The van der Waals surface area contributed by atoms with Gasteiger partial charge in [0.2, 0.25) is 11.8 Å². The van der Waals surface area contributed by atoms with Crippen LogP contribution in [0.5, 0.6) is 0 Å². The van der Waals surface area contributed by atoms with Crippen LogP contribution >= 0.6 is 0 Å². The summed E-state index contributed by atoms with van der Waals surface area (Å²) in [6, 6.07) is -3.04. The number of hydrogen-bond donors (Lipinski definition) is 5. The number of aliphatic carboxylic acids is 3. The van der Waals surface area contributed by atoms with E-state index in [1.54, 1.807) is 11.8 Å². The molecule has 0 bridgehead atoms. The van der Waals surface area contributed by atoms with Gasteiger partial charge in [0, 0.05) is 37.5 Å². The van der Waals surface area contributed by atoms with Crippen molar-refractivity contribution in [1.29, 1.82) is 0 Å². The number of carboxylic acid groups (broad SMARTS) is 3. The van der Waals surface area contributed by atoms with E-state index in [0.29, 0.717) is 31.5 Å². The summed E-state index contributed by atoms with van der Waals surface area (Å²) in [5, 5.41) is 26.6. The summed E-state index contributed by atoms with van der Waals surface area (Å²) < 4.78 is 109. The van der Waals surface area contributed by atoms with Crippen LogP contribution in [0.3, 0.4) is 0 Å². The molecule has 0 radical (unpaired) electrons.